The van der Waals surface area contributed by atoms with Crippen LogP contribution in [-0.4, -0.2) is 19.6 Å². The number of nitrogens with one attached hydrogen (secondary N) is 2. The van der Waals surface area contributed by atoms with E-state index in [1.54, 1.807) is 0 Å². The molecule has 0 aromatic heterocycles. The maximum atomic E-state index is 8.95. The molecule has 4 heteroatoms. The maximum absolute atomic E-state index is 8.95. The normalized spacial score (nSPS) is 20.1. The van der Waals surface area contributed by atoms with Crippen molar-refractivity contribution in [2.75, 3.05) is 19.6 Å². The molecule has 0 amide bonds. The Morgan fingerprint density at radius 1 is 1.27 bits per heavy atom. The third kappa shape index (κ3) is 2.69. The Morgan fingerprint density at radius 3 is 2.73 bits per heavy atom. The second-order valence-corrected chi connectivity index (χ2v) is 3.41. The van der Waals surface area contributed by atoms with Crippen molar-refractivity contribution >= 4 is 12.4 Å². The Morgan fingerprint density at radius 2 is 2.07 bits per heavy atom. The Hall–Kier alpha value is -1.08. The fourth-order valence-electron chi connectivity index (χ4n) is 1.78. The van der Waals surface area contributed by atoms with Crippen LogP contribution in [0.4, 0.5) is 0 Å². The van der Waals surface area contributed by atoms with Crippen LogP contribution in [-0.2, 0) is 0 Å². The average Bonchev–Trinajstić information content (AvgIpc) is 2.30. The van der Waals surface area contributed by atoms with E-state index in [0.29, 0.717) is 0 Å². The summed E-state index contributed by atoms with van der Waals surface area (Å²) in [6.07, 6.45) is 0. The highest BCUT2D eigenvalue weighted by molar-refractivity contribution is 5.85. The summed E-state index contributed by atoms with van der Waals surface area (Å²) in [6, 6.07) is 10.3. The molecule has 0 saturated carbocycles. The highest BCUT2D eigenvalue weighted by atomic mass is 35.5. The molecule has 1 aromatic rings. The van der Waals surface area contributed by atoms with Crippen LogP contribution in [0.15, 0.2) is 24.3 Å². The van der Waals surface area contributed by atoms with Crippen molar-refractivity contribution in [2.45, 2.75) is 6.04 Å². The minimum atomic E-state index is 0. The van der Waals surface area contributed by atoms with Gasteiger partial charge in [0.1, 0.15) is 0 Å². The number of hydrogen-bond acceptors (Lipinski definition) is 3. The van der Waals surface area contributed by atoms with Gasteiger partial charge in [0.2, 0.25) is 0 Å². The van der Waals surface area contributed by atoms with Gasteiger partial charge in [-0.3, -0.25) is 0 Å². The minimum Gasteiger partial charge on any atom is -0.314 e. The van der Waals surface area contributed by atoms with Gasteiger partial charge in [-0.25, -0.2) is 0 Å². The van der Waals surface area contributed by atoms with Crippen LogP contribution in [0.3, 0.4) is 0 Å². The Bertz CT molecular complexity index is 353. The lowest BCUT2D eigenvalue weighted by Gasteiger charge is -2.25. The zero-order valence-electron chi connectivity index (χ0n) is 8.36. The zero-order chi connectivity index (χ0) is 9.80. The molecule has 2 N–H and O–H groups in total. The van der Waals surface area contributed by atoms with Crippen LogP contribution >= 0.6 is 12.4 Å². The second-order valence-electron chi connectivity index (χ2n) is 3.41. The molecule has 0 unspecified atom stereocenters. The van der Waals surface area contributed by atoms with E-state index in [1.807, 2.05) is 24.3 Å². The van der Waals surface area contributed by atoms with Gasteiger partial charge in [0, 0.05) is 25.7 Å². The highest BCUT2D eigenvalue weighted by Gasteiger charge is 2.16. The van der Waals surface area contributed by atoms with E-state index >= 15 is 0 Å². The van der Waals surface area contributed by atoms with Gasteiger partial charge in [0.15, 0.2) is 0 Å². The number of benzene rings is 1. The molecule has 0 bridgehead atoms. The van der Waals surface area contributed by atoms with Gasteiger partial charge in [0.05, 0.1) is 11.6 Å². The molecule has 3 nitrogen and oxygen atoms in total. The zero-order valence-corrected chi connectivity index (χ0v) is 9.18. The van der Waals surface area contributed by atoms with Crippen molar-refractivity contribution in [3.63, 3.8) is 0 Å². The third-order valence-electron chi connectivity index (χ3n) is 2.50. The number of nitriles is 1. The van der Waals surface area contributed by atoms with Crippen molar-refractivity contribution in [2.24, 2.45) is 0 Å². The molecular weight excluding hydrogens is 210 g/mol. The van der Waals surface area contributed by atoms with Crippen LogP contribution in [0.5, 0.6) is 0 Å². The van der Waals surface area contributed by atoms with Crippen molar-refractivity contribution in [3.8, 4) is 6.07 Å². The first kappa shape index (κ1) is 12.0. The van der Waals surface area contributed by atoms with Crippen LogP contribution in [0.25, 0.3) is 0 Å². The van der Waals surface area contributed by atoms with Gasteiger partial charge in [0.25, 0.3) is 0 Å². The van der Waals surface area contributed by atoms with Gasteiger partial charge in [-0.2, -0.15) is 5.26 Å². The van der Waals surface area contributed by atoms with E-state index < -0.39 is 0 Å². The van der Waals surface area contributed by atoms with Gasteiger partial charge in [-0.05, 0) is 11.6 Å². The predicted molar refractivity (Wildman–Crippen MR) is 62.0 cm³/mol. The van der Waals surface area contributed by atoms with Crippen molar-refractivity contribution in [3.05, 3.63) is 35.4 Å². The molecule has 1 aliphatic rings. The number of rotatable bonds is 1. The number of halogens is 1. The Balaban J connectivity index is 0.00000112. The monoisotopic (exact) mass is 223 g/mol. The lowest BCUT2D eigenvalue weighted by atomic mass is 10.00. The first-order chi connectivity index (χ1) is 6.92. The summed E-state index contributed by atoms with van der Waals surface area (Å²) < 4.78 is 0. The van der Waals surface area contributed by atoms with Crippen LogP contribution in [0, 0.1) is 11.3 Å². The van der Waals surface area contributed by atoms with E-state index in [0.717, 1.165) is 30.8 Å². The number of piperazine rings is 1. The van der Waals surface area contributed by atoms with Crippen LogP contribution < -0.4 is 10.6 Å². The largest absolute Gasteiger partial charge is 0.314 e. The molecule has 0 radical (unpaired) electrons. The highest BCUT2D eigenvalue weighted by Crippen LogP contribution is 2.17. The van der Waals surface area contributed by atoms with Crippen molar-refractivity contribution in [1.82, 2.24) is 10.6 Å². The molecular formula is C11H14ClN3. The fraction of sp³-hybridized carbons (Fsp3) is 0.364. The average molecular weight is 224 g/mol. The second kappa shape index (κ2) is 5.72. The van der Waals surface area contributed by atoms with E-state index in [1.165, 1.54) is 0 Å². The van der Waals surface area contributed by atoms with Gasteiger partial charge in [-0.1, -0.05) is 18.2 Å². The molecule has 1 saturated heterocycles. The minimum absolute atomic E-state index is 0. The lowest BCUT2D eigenvalue weighted by Crippen LogP contribution is -2.42. The predicted octanol–water partition coefficient (Wildman–Crippen LogP) is 1.21. The summed E-state index contributed by atoms with van der Waals surface area (Å²) in [6.45, 7) is 2.87. The van der Waals surface area contributed by atoms with E-state index in [9.17, 15) is 0 Å². The first-order valence-corrected chi connectivity index (χ1v) is 4.85. The van der Waals surface area contributed by atoms with Crippen molar-refractivity contribution < 1.29 is 0 Å². The topological polar surface area (TPSA) is 47.9 Å². The van der Waals surface area contributed by atoms with E-state index in [4.69, 9.17) is 5.26 Å². The van der Waals surface area contributed by atoms with Crippen LogP contribution in [0.2, 0.25) is 0 Å². The third-order valence-corrected chi connectivity index (χ3v) is 2.50. The molecule has 0 spiro atoms. The summed E-state index contributed by atoms with van der Waals surface area (Å²) in [4.78, 5) is 0. The molecule has 1 aliphatic heterocycles. The van der Waals surface area contributed by atoms with E-state index in [2.05, 4.69) is 16.7 Å². The fourth-order valence-corrected chi connectivity index (χ4v) is 1.78. The van der Waals surface area contributed by atoms with Gasteiger partial charge in [-0.15, -0.1) is 12.4 Å². The van der Waals surface area contributed by atoms with Crippen molar-refractivity contribution in [1.29, 1.82) is 5.26 Å². The van der Waals surface area contributed by atoms with Crippen LogP contribution in [0.1, 0.15) is 17.2 Å². The molecule has 1 aromatic carbocycles. The SMILES string of the molecule is Cl.N#Cc1ccccc1[C@@H]1CNCCN1. The maximum Gasteiger partial charge on any atom is 0.0995 e. The molecule has 2 rings (SSSR count). The molecule has 80 valence electrons. The molecule has 0 aliphatic carbocycles. The quantitative estimate of drug-likeness (QED) is 0.753. The number of hydrogen-bond donors (Lipinski definition) is 2. The lowest BCUT2D eigenvalue weighted by molar-refractivity contribution is 0.430. The first-order valence-electron chi connectivity index (χ1n) is 4.85. The van der Waals surface area contributed by atoms with E-state index in [-0.39, 0.29) is 18.4 Å². The number of nitrogens with zero attached hydrogens (tertiary/aromatic N) is 1. The summed E-state index contributed by atoms with van der Waals surface area (Å²) in [5.74, 6) is 0. The molecule has 1 heterocycles. The Labute approximate surface area is 95.9 Å². The summed E-state index contributed by atoms with van der Waals surface area (Å²) in [7, 11) is 0. The summed E-state index contributed by atoms with van der Waals surface area (Å²) in [5.41, 5.74) is 1.87. The molecule has 1 fully saturated rings. The Kier molecular flexibility index (Phi) is 4.57. The van der Waals surface area contributed by atoms with Gasteiger partial charge < -0.3 is 10.6 Å². The standard InChI is InChI=1S/C11H13N3.ClH/c12-7-9-3-1-2-4-10(9)11-8-13-5-6-14-11;/h1-4,11,13-14H,5-6,8H2;1H/t11-;/m0./s1. The summed E-state index contributed by atoms with van der Waals surface area (Å²) in [5, 5.41) is 15.7. The molecule has 15 heavy (non-hydrogen) atoms. The summed E-state index contributed by atoms with van der Waals surface area (Å²) >= 11 is 0. The molecule has 1 atom stereocenters. The van der Waals surface area contributed by atoms with Gasteiger partial charge >= 0.3 is 0 Å². The smallest absolute Gasteiger partial charge is 0.0995 e.